The van der Waals surface area contributed by atoms with Crippen LogP contribution in [-0.2, 0) is 6.54 Å². The van der Waals surface area contributed by atoms with Crippen LogP contribution in [0.1, 0.15) is 28.3 Å². The summed E-state index contributed by atoms with van der Waals surface area (Å²) in [7, 11) is 0. The number of carbonyl (C=O) groups excluding carboxylic acids is 1. The standard InChI is InChI=1S/C10H12F3N3OS/c11-10(12,13)5-16(6-1-2-6)9(17)7-4-18-8(3-14)15-7/h4,6H,1-3,5,14H2. The van der Waals surface area contributed by atoms with Crippen LogP contribution in [0.2, 0.25) is 0 Å². The molecule has 1 heterocycles. The van der Waals surface area contributed by atoms with Crippen molar-refractivity contribution in [2.45, 2.75) is 31.6 Å². The SMILES string of the molecule is NCc1nc(C(=O)N(CC(F)(F)F)C2CC2)cs1. The molecule has 2 rings (SSSR count). The molecule has 8 heteroatoms. The highest BCUT2D eigenvalue weighted by Crippen LogP contribution is 2.31. The Kier molecular flexibility index (Phi) is 3.58. The lowest BCUT2D eigenvalue weighted by Crippen LogP contribution is -2.40. The number of aromatic nitrogens is 1. The summed E-state index contributed by atoms with van der Waals surface area (Å²) in [5, 5.41) is 2.00. The van der Waals surface area contributed by atoms with Crippen molar-refractivity contribution in [3.63, 3.8) is 0 Å². The molecule has 1 aromatic rings. The number of halogens is 3. The van der Waals surface area contributed by atoms with Gasteiger partial charge in [0, 0.05) is 18.0 Å². The van der Waals surface area contributed by atoms with Gasteiger partial charge in [-0.15, -0.1) is 11.3 Å². The molecule has 2 N–H and O–H groups in total. The molecule has 0 atom stereocenters. The molecule has 1 aromatic heterocycles. The fourth-order valence-corrected chi connectivity index (χ4v) is 2.24. The monoisotopic (exact) mass is 279 g/mol. The van der Waals surface area contributed by atoms with Gasteiger partial charge in [0.05, 0.1) is 0 Å². The van der Waals surface area contributed by atoms with Crippen LogP contribution < -0.4 is 5.73 Å². The summed E-state index contributed by atoms with van der Waals surface area (Å²) in [6.45, 7) is -1.04. The lowest BCUT2D eigenvalue weighted by atomic mass is 10.3. The molecule has 0 unspecified atom stereocenters. The predicted octanol–water partition coefficient (Wildman–Crippen LogP) is 1.77. The van der Waals surface area contributed by atoms with E-state index in [1.807, 2.05) is 0 Å². The van der Waals surface area contributed by atoms with Gasteiger partial charge in [0.2, 0.25) is 0 Å². The Morgan fingerprint density at radius 1 is 1.56 bits per heavy atom. The first-order valence-corrected chi connectivity index (χ1v) is 6.31. The summed E-state index contributed by atoms with van der Waals surface area (Å²) in [4.78, 5) is 16.7. The van der Waals surface area contributed by atoms with Gasteiger partial charge in [0.15, 0.2) is 0 Å². The minimum absolute atomic E-state index is 0.0524. The first-order valence-electron chi connectivity index (χ1n) is 5.43. The molecule has 1 aliphatic carbocycles. The number of amides is 1. The van der Waals surface area contributed by atoms with E-state index in [1.54, 1.807) is 0 Å². The number of carbonyl (C=O) groups is 1. The van der Waals surface area contributed by atoms with E-state index >= 15 is 0 Å². The second kappa shape index (κ2) is 4.85. The van der Waals surface area contributed by atoms with E-state index in [-0.39, 0.29) is 18.3 Å². The fourth-order valence-electron chi connectivity index (χ4n) is 1.60. The van der Waals surface area contributed by atoms with Crippen LogP contribution in [0.3, 0.4) is 0 Å². The van der Waals surface area contributed by atoms with E-state index in [9.17, 15) is 18.0 Å². The van der Waals surface area contributed by atoms with E-state index in [4.69, 9.17) is 5.73 Å². The van der Waals surface area contributed by atoms with Crippen molar-refractivity contribution in [3.05, 3.63) is 16.1 Å². The van der Waals surface area contributed by atoms with Gasteiger partial charge in [0.25, 0.3) is 5.91 Å². The molecule has 1 amide bonds. The summed E-state index contributed by atoms with van der Waals surface area (Å²) in [6, 6.07) is -0.304. The summed E-state index contributed by atoms with van der Waals surface area (Å²) >= 11 is 1.18. The zero-order chi connectivity index (χ0) is 13.3. The van der Waals surface area contributed by atoms with Crippen molar-refractivity contribution in [2.75, 3.05) is 6.54 Å². The highest BCUT2D eigenvalue weighted by atomic mass is 32.1. The second-order valence-corrected chi connectivity index (χ2v) is 5.05. The predicted molar refractivity (Wildman–Crippen MR) is 60.1 cm³/mol. The van der Waals surface area contributed by atoms with Crippen molar-refractivity contribution in [2.24, 2.45) is 5.73 Å². The number of alkyl halides is 3. The van der Waals surface area contributed by atoms with Crippen LogP contribution in [-0.4, -0.2) is 34.6 Å². The molecule has 0 saturated heterocycles. The maximum Gasteiger partial charge on any atom is 0.406 e. The number of hydrogen-bond donors (Lipinski definition) is 1. The average molecular weight is 279 g/mol. The third-order valence-electron chi connectivity index (χ3n) is 2.54. The lowest BCUT2D eigenvalue weighted by molar-refractivity contribution is -0.141. The van der Waals surface area contributed by atoms with E-state index in [0.717, 1.165) is 4.90 Å². The molecular formula is C10H12F3N3OS. The third-order valence-corrected chi connectivity index (χ3v) is 3.41. The van der Waals surface area contributed by atoms with E-state index in [1.165, 1.54) is 16.7 Å². The molecular weight excluding hydrogens is 267 g/mol. The van der Waals surface area contributed by atoms with Crippen LogP contribution in [0, 0.1) is 0 Å². The summed E-state index contributed by atoms with van der Waals surface area (Å²) in [5.74, 6) is -0.661. The Morgan fingerprint density at radius 2 is 2.22 bits per heavy atom. The molecule has 1 fully saturated rings. The van der Waals surface area contributed by atoms with Gasteiger partial charge in [-0.3, -0.25) is 4.79 Å². The molecule has 100 valence electrons. The first-order chi connectivity index (χ1) is 8.40. The Morgan fingerprint density at radius 3 is 2.67 bits per heavy atom. The van der Waals surface area contributed by atoms with Crippen LogP contribution >= 0.6 is 11.3 Å². The van der Waals surface area contributed by atoms with Gasteiger partial charge < -0.3 is 10.6 Å². The highest BCUT2D eigenvalue weighted by Gasteiger charge is 2.41. The van der Waals surface area contributed by atoms with Gasteiger partial charge in [-0.05, 0) is 12.8 Å². The van der Waals surface area contributed by atoms with Crippen molar-refractivity contribution in [1.82, 2.24) is 9.88 Å². The molecule has 4 nitrogen and oxygen atoms in total. The Hall–Kier alpha value is -1.15. The number of nitrogens with two attached hydrogens (primary N) is 1. The quantitative estimate of drug-likeness (QED) is 0.913. The molecule has 0 aliphatic heterocycles. The molecule has 0 radical (unpaired) electrons. The lowest BCUT2D eigenvalue weighted by Gasteiger charge is -2.22. The number of thiazole rings is 1. The summed E-state index contributed by atoms with van der Waals surface area (Å²) < 4.78 is 37.2. The summed E-state index contributed by atoms with van der Waals surface area (Å²) in [5.41, 5.74) is 5.41. The van der Waals surface area contributed by atoms with Gasteiger partial charge in [-0.1, -0.05) is 0 Å². The van der Waals surface area contributed by atoms with Gasteiger partial charge in [-0.2, -0.15) is 13.2 Å². The van der Waals surface area contributed by atoms with Crippen LogP contribution in [0.5, 0.6) is 0 Å². The van der Waals surface area contributed by atoms with Crippen LogP contribution in [0.25, 0.3) is 0 Å². The normalized spacial score (nSPS) is 15.8. The highest BCUT2D eigenvalue weighted by molar-refractivity contribution is 7.09. The minimum Gasteiger partial charge on any atom is -0.325 e. The van der Waals surface area contributed by atoms with Crippen molar-refractivity contribution in [3.8, 4) is 0 Å². The third kappa shape index (κ3) is 3.20. The largest absolute Gasteiger partial charge is 0.406 e. The fraction of sp³-hybridized carbons (Fsp3) is 0.600. The molecule has 0 bridgehead atoms. The van der Waals surface area contributed by atoms with E-state index in [2.05, 4.69) is 4.98 Å². The Balaban J connectivity index is 2.13. The van der Waals surface area contributed by atoms with E-state index < -0.39 is 18.6 Å². The Labute approximate surface area is 106 Å². The molecule has 1 aliphatic rings. The zero-order valence-corrected chi connectivity index (χ0v) is 10.2. The number of hydrogen-bond acceptors (Lipinski definition) is 4. The smallest absolute Gasteiger partial charge is 0.325 e. The molecule has 0 spiro atoms. The molecule has 18 heavy (non-hydrogen) atoms. The zero-order valence-electron chi connectivity index (χ0n) is 9.41. The maximum absolute atomic E-state index is 12.4. The van der Waals surface area contributed by atoms with Crippen LogP contribution in [0.4, 0.5) is 13.2 Å². The van der Waals surface area contributed by atoms with Crippen LogP contribution in [0.15, 0.2) is 5.38 Å². The van der Waals surface area contributed by atoms with Gasteiger partial charge >= 0.3 is 6.18 Å². The molecule has 1 saturated carbocycles. The summed E-state index contributed by atoms with van der Waals surface area (Å²) in [6.07, 6.45) is -3.14. The van der Waals surface area contributed by atoms with Crippen molar-refractivity contribution < 1.29 is 18.0 Å². The van der Waals surface area contributed by atoms with Gasteiger partial charge in [0.1, 0.15) is 17.2 Å². The topological polar surface area (TPSA) is 59.2 Å². The number of rotatable bonds is 4. The Bertz CT molecular complexity index is 442. The van der Waals surface area contributed by atoms with Gasteiger partial charge in [-0.25, -0.2) is 4.98 Å². The van der Waals surface area contributed by atoms with Crippen molar-refractivity contribution >= 4 is 17.2 Å². The second-order valence-electron chi connectivity index (χ2n) is 4.11. The number of nitrogens with zero attached hydrogens (tertiary/aromatic N) is 2. The van der Waals surface area contributed by atoms with E-state index in [0.29, 0.717) is 17.8 Å². The minimum atomic E-state index is -4.38. The maximum atomic E-state index is 12.4. The average Bonchev–Trinajstić information content (AvgIpc) is 3.01. The molecule has 0 aromatic carbocycles. The van der Waals surface area contributed by atoms with Crippen molar-refractivity contribution in [1.29, 1.82) is 0 Å². The first kappa shape index (κ1) is 13.3.